The fourth-order valence-electron chi connectivity index (χ4n) is 5.90. The summed E-state index contributed by atoms with van der Waals surface area (Å²) in [5.41, 5.74) is 13.2. The maximum absolute atomic E-state index is 6.64. The van der Waals surface area contributed by atoms with Crippen molar-refractivity contribution in [1.29, 1.82) is 0 Å². The van der Waals surface area contributed by atoms with Gasteiger partial charge in [-0.15, -0.1) is 6.58 Å². The second-order valence-corrected chi connectivity index (χ2v) is 11.2. The molecule has 0 fully saturated rings. The molecular weight excluding hydrogens is 522 g/mol. The minimum atomic E-state index is 0.0542. The van der Waals surface area contributed by atoms with E-state index in [1.54, 1.807) is 6.20 Å². The van der Waals surface area contributed by atoms with E-state index < -0.39 is 0 Å². The number of pyridine rings is 1. The molecule has 0 saturated heterocycles. The highest BCUT2D eigenvalue weighted by Gasteiger charge is 2.23. The number of fused-ring (bicyclic) bond motifs is 1. The summed E-state index contributed by atoms with van der Waals surface area (Å²) >= 11 is 0. The van der Waals surface area contributed by atoms with Gasteiger partial charge in [-0.05, 0) is 78.6 Å². The molecule has 1 aliphatic carbocycles. The largest absolute Gasteiger partial charge is 0.387 e. The summed E-state index contributed by atoms with van der Waals surface area (Å²) in [6, 6.07) is 21.4. The zero-order chi connectivity index (χ0) is 30.3. The fourth-order valence-corrected chi connectivity index (χ4v) is 5.90. The van der Waals surface area contributed by atoms with Crippen LogP contribution in [0.2, 0.25) is 0 Å². The van der Waals surface area contributed by atoms with Gasteiger partial charge in [0.05, 0.1) is 0 Å². The predicted octanol–water partition coefficient (Wildman–Crippen LogP) is 8.44. The normalized spacial score (nSPS) is 17.7. The van der Waals surface area contributed by atoms with E-state index in [4.69, 9.17) is 10.7 Å². The monoisotopic (exact) mass is 569 g/mol. The van der Waals surface area contributed by atoms with Crippen LogP contribution in [-0.2, 0) is 6.42 Å². The van der Waals surface area contributed by atoms with Crippen molar-refractivity contribution in [1.82, 2.24) is 4.98 Å². The Hall–Kier alpha value is -4.24. The van der Waals surface area contributed by atoms with Crippen molar-refractivity contribution in [3.63, 3.8) is 0 Å². The molecule has 0 amide bonds. The second-order valence-electron chi connectivity index (χ2n) is 11.2. The topological polar surface area (TPSA) is 51.3 Å². The lowest BCUT2D eigenvalue weighted by molar-refractivity contribution is 0.597. The Balaban J connectivity index is 1.71. The van der Waals surface area contributed by atoms with Gasteiger partial charge in [-0.25, -0.2) is 4.99 Å². The molecule has 0 radical (unpaired) electrons. The molecule has 0 bridgehead atoms. The highest BCUT2D eigenvalue weighted by Crippen LogP contribution is 2.39. The maximum Gasteiger partial charge on any atom is 0.103 e. The number of aryl methyl sites for hydroxylation is 1. The highest BCUT2D eigenvalue weighted by atomic mass is 14.9. The molecule has 2 atom stereocenters. The van der Waals surface area contributed by atoms with Crippen molar-refractivity contribution in [3.05, 3.63) is 142 Å². The van der Waals surface area contributed by atoms with Crippen LogP contribution in [0.25, 0.3) is 18.2 Å². The molecule has 222 valence electrons. The van der Waals surface area contributed by atoms with Crippen LogP contribution in [0.3, 0.4) is 0 Å². The zero-order valence-corrected chi connectivity index (χ0v) is 26.0. The SMILES string of the molecule is C=CCC(/C=C/c1cccnc1)C(=C/C/C(=C/CCC)C1CCCc2ccccc21)/N=C(\N)C/C=c1/cccc/c1=C/C. The summed E-state index contributed by atoms with van der Waals surface area (Å²) in [6.45, 7) is 8.39. The van der Waals surface area contributed by atoms with Crippen molar-refractivity contribution in [2.24, 2.45) is 16.6 Å². The first-order valence-corrected chi connectivity index (χ1v) is 15.8. The zero-order valence-electron chi connectivity index (χ0n) is 26.0. The van der Waals surface area contributed by atoms with Gasteiger partial charge in [-0.2, -0.15) is 0 Å². The van der Waals surface area contributed by atoms with Crippen molar-refractivity contribution in [3.8, 4) is 0 Å². The van der Waals surface area contributed by atoms with Crippen LogP contribution in [0.5, 0.6) is 0 Å². The maximum atomic E-state index is 6.64. The van der Waals surface area contributed by atoms with Crippen LogP contribution in [-0.4, -0.2) is 10.8 Å². The number of aliphatic imine (C=N–C) groups is 1. The summed E-state index contributed by atoms with van der Waals surface area (Å²) in [7, 11) is 0. The van der Waals surface area contributed by atoms with E-state index in [2.05, 4.69) is 116 Å². The number of benzene rings is 2. The molecule has 0 saturated carbocycles. The van der Waals surface area contributed by atoms with Gasteiger partial charge in [0, 0.05) is 36.3 Å². The average Bonchev–Trinajstić information content (AvgIpc) is 3.05. The number of nitrogens with zero attached hydrogens (tertiary/aromatic N) is 2. The molecule has 0 aliphatic heterocycles. The Morgan fingerprint density at radius 3 is 2.63 bits per heavy atom. The predicted molar refractivity (Wildman–Crippen MR) is 186 cm³/mol. The van der Waals surface area contributed by atoms with Crippen LogP contribution < -0.4 is 16.2 Å². The van der Waals surface area contributed by atoms with Gasteiger partial charge in [0.15, 0.2) is 0 Å². The molecule has 43 heavy (non-hydrogen) atoms. The van der Waals surface area contributed by atoms with E-state index in [9.17, 15) is 0 Å². The Bertz CT molecular complexity index is 1570. The number of allylic oxidation sites excluding steroid dienone is 5. The lowest BCUT2D eigenvalue weighted by atomic mass is 9.77. The lowest BCUT2D eigenvalue weighted by Gasteiger charge is -2.28. The summed E-state index contributed by atoms with van der Waals surface area (Å²) in [5.74, 6) is 1.12. The Morgan fingerprint density at radius 2 is 1.86 bits per heavy atom. The van der Waals surface area contributed by atoms with Crippen LogP contribution in [0.15, 0.2) is 120 Å². The smallest absolute Gasteiger partial charge is 0.103 e. The number of nitrogens with two attached hydrogens (primary N) is 1. The second kappa shape index (κ2) is 17.0. The van der Waals surface area contributed by atoms with E-state index in [0.717, 1.165) is 36.9 Å². The molecule has 0 spiro atoms. The molecule has 1 aromatic heterocycles. The van der Waals surface area contributed by atoms with Gasteiger partial charge in [0.2, 0.25) is 0 Å². The van der Waals surface area contributed by atoms with Crippen molar-refractivity contribution in [2.75, 3.05) is 0 Å². The van der Waals surface area contributed by atoms with E-state index >= 15 is 0 Å². The molecule has 1 aliphatic rings. The molecule has 4 rings (SSSR count). The first-order valence-electron chi connectivity index (χ1n) is 15.8. The van der Waals surface area contributed by atoms with E-state index in [1.807, 2.05) is 18.3 Å². The van der Waals surface area contributed by atoms with Gasteiger partial charge in [-0.3, -0.25) is 4.98 Å². The minimum absolute atomic E-state index is 0.0542. The van der Waals surface area contributed by atoms with E-state index in [1.165, 1.54) is 46.4 Å². The molecular formula is C40H47N3. The van der Waals surface area contributed by atoms with Crippen LogP contribution >= 0.6 is 0 Å². The molecule has 3 nitrogen and oxygen atoms in total. The van der Waals surface area contributed by atoms with Gasteiger partial charge < -0.3 is 5.73 Å². The number of aromatic nitrogens is 1. The summed E-state index contributed by atoms with van der Waals surface area (Å²) < 4.78 is 0. The number of rotatable bonds is 13. The van der Waals surface area contributed by atoms with Crippen LogP contribution in [0.1, 0.15) is 81.4 Å². The molecule has 3 aromatic rings. The third-order valence-electron chi connectivity index (χ3n) is 8.18. The van der Waals surface area contributed by atoms with Crippen LogP contribution in [0.4, 0.5) is 0 Å². The molecule has 2 unspecified atom stereocenters. The average molecular weight is 570 g/mol. The molecule has 2 N–H and O–H groups in total. The highest BCUT2D eigenvalue weighted by molar-refractivity contribution is 5.85. The Morgan fingerprint density at radius 1 is 1.05 bits per heavy atom. The minimum Gasteiger partial charge on any atom is -0.387 e. The number of hydrogen-bond donors (Lipinski definition) is 1. The van der Waals surface area contributed by atoms with Gasteiger partial charge >= 0.3 is 0 Å². The molecule has 1 heterocycles. The Labute approximate surface area is 258 Å². The van der Waals surface area contributed by atoms with E-state index in [0.29, 0.717) is 18.2 Å². The number of hydrogen-bond acceptors (Lipinski definition) is 2. The quantitative estimate of drug-likeness (QED) is 0.128. The standard InChI is InChI=1S/C40H47N3/c1-4-7-16-35(38-22-12-20-34-19-10-11-21-37(34)38)25-27-39(36(14-5-2)24-23-31-15-13-29-42-30-31)43-40(41)28-26-33-18-9-8-17-32(33)6-3/h5-6,8-11,13,15-19,21,23-24,26-27,29-30,36,38H,2,4,7,12,14,20,22,25,28H2,1,3H3,(H2,41,43)/b24-23+,32-6-,33-26-,35-16-,39-27-. The van der Waals surface area contributed by atoms with Crippen molar-refractivity contribution in [2.45, 2.75) is 71.1 Å². The first kappa shape index (κ1) is 31.7. The molecule has 3 heteroatoms. The van der Waals surface area contributed by atoms with Gasteiger partial charge in [-0.1, -0.05) is 116 Å². The number of unbranched alkanes of at least 4 members (excludes halogenated alkanes) is 1. The van der Waals surface area contributed by atoms with E-state index in [-0.39, 0.29) is 5.92 Å². The number of amidine groups is 1. The fraction of sp³-hybridized carbons (Fsp3) is 0.300. The van der Waals surface area contributed by atoms with Crippen molar-refractivity contribution < 1.29 is 0 Å². The third-order valence-corrected chi connectivity index (χ3v) is 8.18. The summed E-state index contributed by atoms with van der Waals surface area (Å²) in [5, 5.41) is 2.38. The van der Waals surface area contributed by atoms with Crippen LogP contribution in [0, 0.1) is 5.92 Å². The van der Waals surface area contributed by atoms with Gasteiger partial charge in [0.1, 0.15) is 5.84 Å². The van der Waals surface area contributed by atoms with Crippen molar-refractivity contribution >= 4 is 24.1 Å². The first-order chi connectivity index (χ1) is 21.1. The van der Waals surface area contributed by atoms with Gasteiger partial charge in [0.25, 0.3) is 0 Å². The third kappa shape index (κ3) is 9.38. The Kier molecular flexibility index (Phi) is 12.5. The summed E-state index contributed by atoms with van der Waals surface area (Å²) in [4.78, 5) is 9.37. The lowest BCUT2D eigenvalue weighted by Crippen LogP contribution is -2.24. The molecule has 2 aromatic carbocycles. The summed E-state index contributed by atoms with van der Waals surface area (Å²) in [6.07, 6.45) is 27.1.